The lowest BCUT2D eigenvalue weighted by atomic mass is 10.0. The molecule has 80 valence electrons. The Morgan fingerprint density at radius 3 is 2.33 bits per heavy atom. The predicted molar refractivity (Wildman–Crippen MR) is 55.3 cm³/mol. The van der Waals surface area contributed by atoms with Gasteiger partial charge in [0.2, 0.25) is 0 Å². The summed E-state index contributed by atoms with van der Waals surface area (Å²) in [7, 11) is 0. The van der Waals surface area contributed by atoms with Crippen LogP contribution in [0, 0.1) is 5.82 Å². The first kappa shape index (κ1) is 11.6. The molecular formula is C12H13FO2. The average Bonchev–Trinajstić information content (AvgIpc) is 2.18. The summed E-state index contributed by atoms with van der Waals surface area (Å²) in [6, 6.07) is 5.24. The molecule has 0 bridgehead atoms. The monoisotopic (exact) mass is 208 g/mol. The fourth-order valence-electron chi connectivity index (χ4n) is 1.28. The van der Waals surface area contributed by atoms with E-state index in [0.717, 1.165) is 6.42 Å². The first-order valence-corrected chi connectivity index (χ1v) is 4.94. The molecule has 0 radical (unpaired) electrons. The second-order valence-corrected chi connectivity index (χ2v) is 3.40. The van der Waals surface area contributed by atoms with Crippen LogP contribution in [0.2, 0.25) is 0 Å². The molecule has 3 heteroatoms. The van der Waals surface area contributed by atoms with E-state index in [-0.39, 0.29) is 23.8 Å². The lowest BCUT2D eigenvalue weighted by Gasteiger charge is -1.99. The highest BCUT2D eigenvalue weighted by atomic mass is 19.1. The van der Waals surface area contributed by atoms with Crippen molar-refractivity contribution >= 4 is 11.6 Å². The summed E-state index contributed by atoms with van der Waals surface area (Å²) in [6.45, 7) is 1.89. The van der Waals surface area contributed by atoms with Gasteiger partial charge in [-0.15, -0.1) is 0 Å². The Kier molecular flexibility index (Phi) is 4.16. The van der Waals surface area contributed by atoms with E-state index in [9.17, 15) is 14.0 Å². The molecule has 0 spiro atoms. The Labute approximate surface area is 88.1 Å². The van der Waals surface area contributed by atoms with Crippen molar-refractivity contribution in [2.45, 2.75) is 26.2 Å². The Hall–Kier alpha value is -1.51. The van der Waals surface area contributed by atoms with Gasteiger partial charge in [0.1, 0.15) is 11.6 Å². The van der Waals surface area contributed by atoms with E-state index >= 15 is 0 Å². The molecule has 0 amide bonds. The van der Waals surface area contributed by atoms with Crippen molar-refractivity contribution in [3.05, 3.63) is 35.6 Å². The van der Waals surface area contributed by atoms with E-state index in [1.54, 1.807) is 0 Å². The highest BCUT2D eigenvalue weighted by Gasteiger charge is 2.10. The van der Waals surface area contributed by atoms with E-state index in [2.05, 4.69) is 0 Å². The number of carbonyl (C=O) groups excluding carboxylic acids is 2. The molecule has 0 aliphatic carbocycles. The van der Waals surface area contributed by atoms with Gasteiger partial charge in [0.05, 0.1) is 6.42 Å². The van der Waals surface area contributed by atoms with Gasteiger partial charge in [0, 0.05) is 12.0 Å². The minimum Gasteiger partial charge on any atom is -0.299 e. The molecule has 0 aromatic heterocycles. The molecule has 0 saturated carbocycles. The minimum absolute atomic E-state index is 0.0631. The number of rotatable bonds is 5. The van der Waals surface area contributed by atoms with E-state index < -0.39 is 0 Å². The molecule has 2 nitrogen and oxygen atoms in total. The Balaban J connectivity index is 2.61. The summed E-state index contributed by atoms with van der Waals surface area (Å²) in [6.07, 6.45) is 1.09. The third-order valence-electron chi connectivity index (χ3n) is 2.05. The lowest BCUT2D eigenvalue weighted by Crippen LogP contribution is -2.07. The maximum atomic E-state index is 12.6. The van der Waals surface area contributed by atoms with Crippen molar-refractivity contribution < 1.29 is 14.0 Å². The molecule has 0 atom stereocenters. The molecule has 0 unspecified atom stereocenters. The summed E-state index contributed by atoms with van der Waals surface area (Å²) >= 11 is 0. The quantitative estimate of drug-likeness (QED) is 0.550. The smallest absolute Gasteiger partial charge is 0.170 e. The van der Waals surface area contributed by atoms with Crippen molar-refractivity contribution in [2.75, 3.05) is 0 Å². The van der Waals surface area contributed by atoms with Crippen LogP contribution >= 0.6 is 0 Å². The Morgan fingerprint density at radius 1 is 1.20 bits per heavy atom. The SMILES string of the molecule is CCCC(=O)CC(=O)c1ccc(F)cc1. The number of halogens is 1. The highest BCUT2D eigenvalue weighted by molar-refractivity contribution is 6.07. The predicted octanol–water partition coefficient (Wildman–Crippen LogP) is 2.77. The number of Topliss-reactive ketones (excluding diaryl/α,β-unsaturated/α-hetero) is 2. The first-order valence-electron chi connectivity index (χ1n) is 4.94. The molecule has 0 N–H and O–H groups in total. The van der Waals surface area contributed by atoms with Gasteiger partial charge < -0.3 is 0 Å². The minimum atomic E-state index is -0.383. The summed E-state index contributed by atoms with van der Waals surface area (Å²) in [5.74, 6) is -0.688. The Morgan fingerprint density at radius 2 is 1.80 bits per heavy atom. The van der Waals surface area contributed by atoms with Gasteiger partial charge in [-0.1, -0.05) is 6.92 Å². The second kappa shape index (κ2) is 5.39. The van der Waals surface area contributed by atoms with Crippen LogP contribution in [0.5, 0.6) is 0 Å². The highest BCUT2D eigenvalue weighted by Crippen LogP contribution is 2.07. The first-order chi connectivity index (χ1) is 7.13. The largest absolute Gasteiger partial charge is 0.299 e. The number of ketones is 2. The molecule has 1 aromatic rings. The summed E-state index contributed by atoms with van der Waals surface area (Å²) in [5.41, 5.74) is 0.390. The zero-order valence-electron chi connectivity index (χ0n) is 8.63. The molecule has 15 heavy (non-hydrogen) atoms. The Bertz CT molecular complexity index is 354. The van der Waals surface area contributed by atoms with Gasteiger partial charge in [-0.05, 0) is 30.7 Å². The van der Waals surface area contributed by atoms with Crippen molar-refractivity contribution in [3.63, 3.8) is 0 Å². The van der Waals surface area contributed by atoms with Crippen molar-refractivity contribution in [1.82, 2.24) is 0 Å². The van der Waals surface area contributed by atoms with E-state index in [0.29, 0.717) is 12.0 Å². The molecule has 0 fully saturated rings. The van der Waals surface area contributed by atoms with E-state index in [4.69, 9.17) is 0 Å². The van der Waals surface area contributed by atoms with Gasteiger partial charge >= 0.3 is 0 Å². The number of hydrogen-bond acceptors (Lipinski definition) is 2. The molecule has 0 heterocycles. The topological polar surface area (TPSA) is 34.1 Å². The van der Waals surface area contributed by atoms with Crippen LogP contribution in [-0.4, -0.2) is 11.6 Å². The third-order valence-corrected chi connectivity index (χ3v) is 2.05. The molecule has 0 saturated heterocycles. The van der Waals surface area contributed by atoms with Crippen LogP contribution in [0.1, 0.15) is 36.5 Å². The van der Waals surface area contributed by atoms with Crippen LogP contribution in [0.4, 0.5) is 4.39 Å². The van der Waals surface area contributed by atoms with E-state index in [1.165, 1.54) is 24.3 Å². The van der Waals surface area contributed by atoms with Crippen LogP contribution < -0.4 is 0 Å². The van der Waals surface area contributed by atoms with Gasteiger partial charge in [-0.2, -0.15) is 0 Å². The maximum Gasteiger partial charge on any atom is 0.170 e. The summed E-state index contributed by atoms with van der Waals surface area (Å²) in [4.78, 5) is 22.7. The van der Waals surface area contributed by atoms with Crippen LogP contribution in [0.15, 0.2) is 24.3 Å². The van der Waals surface area contributed by atoms with Gasteiger partial charge in [0.25, 0.3) is 0 Å². The van der Waals surface area contributed by atoms with Crippen molar-refractivity contribution in [3.8, 4) is 0 Å². The van der Waals surface area contributed by atoms with Crippen LogP contribution in [-0.2, 0) is 4.79 Å². The molecule has 1 aromatic carbocycles. The average molecular weight is 208 g/mol. The number of benzene rings is 1. The fourth-order valence-corrected chi connectivity index (χ4v) is 1.28. The lowest BCUT2D eigenvalue weighted by molar-refractivity contribution is -0.118. The summed E-state index contributed by atoms with van der Waals surface area (Å²) < 4.78 is 12.6. The zero-order valence-corrected chi connectivity index (χ0v) is 8.63. The van der Waals surface area contributed by atoms with Crippen molar-refractivity contribution in [1.29, 1.82) is 0 Å². The van der Waals surface area contributed by atoms with Gasteiger partial charge in [0.15, 0.2) is 5.78 Å². The van der Waals surface area contributed by atoms with Gasteiger partial charge in [-0.25, -0.2) is 4.39 Å². The van der Waals surface area contributed by atoms with Crippen LogP contribution in [0.25, 0.3) is 0 Å². The molecule has 0 aliphatic rings. The summed E-state index contributed by atoms with van der Waals surface area (Å²) in [5, 5.41) is 0. The second-order valence-electron chi connectivity index (χ2n) is 3.40. The zero-order chi connectivity index (χ0) is 11.3. The normalized spacial score (nSPS) is 10.0. The van der Waals surface area contributed by atoms with E-state index in [1.807, 2.05) is 6.92 Å². The maximum absolute atomic E-state index is 12.6. The number of hydrogen-bond donors (Lipinski definition) is 0. The standard InChI is InChI=1S/C12H13FO2/c1-2-3-11(14)8-12(15)9-4-6-10(13)7-5-9/h4-7H,2-3,8H2,1H3. The number of carbonyl (C=O) groups is 2. The van der Waals surface area contributed by atoms with Crippen molar-refractivity contribution in [2.24, 2.45) is 0 Å². The third kappa shape index (κ3) is 3.62. The fraction of sp³-hybridized carbons (Fsp3) is 0.333. The molecular weight excluding hydrogens is 195 g/mol. The van der Waals surface area contributed by atoms with Gasteiger partial charge in [-0.3, -0.25) is 9.59 Å². The molecule has 0 aliphatic heterocycles. The van der Waals surface area contributed by atoms with Crippen LogP contribution in [0.3, 0.4) is 0 Å². The molecule has 1 rings (SSSR count).